The zero-order valence-electron chi connectivity index (χ0n) is 15.2. The number of pyridine rings is 1. The van der Waals surface area contributed by atoms with E-state index in [9.17, 15) is 4.79 Å². The number of nitrogens with one attached hydrogen (secondary N) is 1. The van der Waals surface area contributed by atoms with Crippen LogP contribution in [0.5, 0.6) is 0 Å². The van der Waals surface area contributed by atoms with Crippen LogP contribution in [0.1, 0.15) is 46.3 Å². The summed E-state index contributed by atoms with van der Waals surface area (Å²) in [6.07, 6.45) is 3.10. The number of hydrogen-bond acceptors (Lipinski definition) is 3. The van der Waals surface area contributed by atoms with E-state index in [0.29, 0.717) is 5.76 Å². The summed E-state index contributed by atoms with van der Waals surface area (Å²) in [6.45, 7) is 1.95. The molecule has 1 amide bonds. The summed E-state index contributed by atoms with van der Waals surface area (Å²) < 4.78 is 6.00. The van der Waals surface area contributed by atoms with Crippen LogP contribution in [0, 0.1) is 6.92 Å². The molecule has 0 aliphatic heterocycles. The second-order valence-corrected chi connectivity index (χ2v) is 7.18. The number of rotatable bonds is 2. The van der Waals surface area contributed by atoms with Gasteiger partial charge < -0.3 is 9.73 Å². The molecule has 27 heavy (non-hydrogen) atoms. The summed E-state index contributed by atoms with van der Waals surface area (Å²) in [7, 11) is 0. The molecule has 1 aliphatic rings. The van der Waals surface area contributed by atoms with Crippen LogP contribution in [0.4, 0.5) is 0 Å². The molecule has 4 nitrogen and oxygen atoms in total. The van der Waals surface area contributed by atoms with Crippen molar-refractivity contribution in [2.75, 3.05) is 0 Å². The highest BCUT2D eigenvalue weighted by Gasteiger charge is 2.24. The van der Waals surface area contributed by atoms with Gasteiger partial charge in [-0.2, -0.15) is 0 Å². The fourth-order valence-electron chi connectivity index (χ4n) is 4.11. The van der Waals surface area contributed by atoms with Crippen LogP contribution in [0.3, 0.4) is 0 Å². The van der Waals surface area contributed by atoms with Crippen molar-refractivity contribution >= 4 is 27.8 Å². The summed E-state index contributed by atoms with van der Waals surface area (Å²) in [5, 5.41) is 4.99. The lowest BCUT2D eigenvalue weighted by molar-refractivity contribution is 0.0907. The Bertz CT molecular complexity index is 1180. The number of carbonyl (C=O) groups excluding carboxylic acids is 1. The first-order chi connectivity index (χ1) is 13.2. The molecule has 4 heteroatoms. The summed E-state index contributed by atoms with van der Waals surface area (Å²) in [5.74, 6) is 0.172. The van der Waals surface area contributed by atoms with Crippen molar-refractivity contribution in [1.29, 1.82) is 0 Å². The predicted molar refractivity (Wildman–Crippen MR) is 106 cm³/mol. The van der Waals surface area contributed by atoms with Gasteiger partial charge in [-0.15, -0.1) is 0 Å². The fourth-order valence-corrected chi connectivity index (χ4v) is 4.11. The molecular weight excluding hydrogens is 336 g/mol. The van der Waals surface area contributed by atoms with E-state index in [1.165, 1.54) is 11.1 Å². The van der Waals surface area contributed by atoms with Crippen LogP contribution in [-0.2, 0) is 6.42 Å². The smallest absolute Gasteiger partial charge is 0.287 e. The molecule has 0 saturated heterocycles. The van der Waals surface area contributed by atoms with Crippen LogP contribution in [0.15, 0.2) is 59.0 Å². The number of furan rings is 1. The second-order valence-electron chi connectivity index (χ2n) is 7.18. The van der Waals surface area contributed by atoms with Crippen LogP contribution in [0.25, 0.3) is 21.9 Å². The quantitative estimate of drug-likeness (QED) is 0.544. The molecule has 5 rings (SSSR count). The van der Waals surface area contributed by atoms with E-state index in [4.69, 9.17) is 4.42 Å². The molecule has 2 heterocycles. The van der Waals surface area contributed by atoms with Gasteiger partial charge in [-0.05, 0) is 55.5 Å². The Labute approximate surface area is 157 Å². The highest BCUT2D eigenvalue weighted by atomic mass is 16.3. The largest absolute Gasteiger partial charge is 0.450 e. The maximum absolute atomic E-state index is 12.9. The van der Waals surface area contributed by atoms with Crippen molar-refractivity contribution in [2.45, 2.75) is 32.2 Å². The average molecular weight is 356 g/mol. The van der Waals surface area contributed by atoms with Gasteiger partial charge in [-0.3, -0.25) is 9.78 Å². The molecule has 4 aromatic rings. The van der Waals surface area contributed by atoms with Crippen LogP contribution in [0.2, 0.25) is 0 Å². The maximum atomic E-state index is 12.9. The molecule has 134 valence electrons. The third-order valence-electron chi connectivity index (χ3n) is 5.46. The minimum absolute atomic E-state index is 0.0339. The normalized spacial score (nSPS) is 16.4. The number of aryl methyl sites for hydroxylation is 2. The molecule has 1 N–H and O–H groups in total. The highest BCUT2D eigenvalue weighted by molar-refractivity contribution is 6.06. The fraction of sp³-hybridized carbons (Fsp3) is 0.217. The first-order valence-corrected chi connectivity index (χ1v) is 9.38. The molecule has 1 aliphatic carbocycles. The van der Waals surface area contributed by atoms with Gasteiger partial charge in [0.2, 0.25) is 0 Å². The van der Waals surface area contributed by atoms with E-state index in [1.54, 1.807) is 0 Å². The van der Waals surface area contributed by atoms with Crippen molar-refractivity contribution < 1.29 is 9.21 Å². The van der Waals surface area contributed by atoms with Gasteiger partial charge in [0.25, 0.3) is 5.91 Å². The van der Waals surface area contributed by atoms with Gasteiger partial charge in [0.1, 0.15) is 5.58 Å². The number of amides is 1. The average Bonchev–Trinajstić information content (AvgIpc) is 3.15. The van der Waals surface area contributed by atoms with Gasteiger partial charge in [0.05, 0.1) is 11.6 Å². The zero-order chi connectivity index (χ0) is 18.4. The first kappa shape index (κ1) is 16.1. The molecule has 1 atom stereocenters. The lowest BCUT2D eigenvalue weighted by Crippen LogP contribution is -2.30. The molecule has 0 bridgehead atoms. The Balaban J connectivity index is 1.52. The van der Waals surface area contributed by atoms with E-state index in [2.05, 4.69) is 28.5 Å². The second kappa shape index (κ2) is 6.23. The van der Waals surface area contributed by atoms with Crippen LogP contribution in [-0.4, -0.2) is 10.9 Å². The Morgan fingerprint density at radius 2 is 1.93 bits per heavy atom. The lowest BCUT2D eigenvalue weighted by atomic mass is 9.88. The number of benzene rings is 2. The Morgan fingerprint density at radius 3 is 2.85 bits per heavy atom. The summed E-state index contributed by atoms with van der Waals surface area (Å²) in [5.41, 5.74) is 5.02. The zero-order valence-corrected chi connectivity index (χ0v) is 15.2. The third kappa shape index (κ3) is 2.69. The molecule has 0 fully saturated rings. The highest BCUT2D eigenvalue weighted by Crippen LogP contribution is 2.32. The topological polar surface area (TPSA) is 55.1 Å². The minimum atomic E-state index is -0.170. The SMILES string of the molecule is Cc1nc2ccccc2c2oc(C(=O)N[C@H]3CCCc4ccccc43)cc12. The van der Waals surface area contributed by atoms with E-state index >= 15 is 0 Å². The van der Waals surface area contributed by atoms with E-state index in [1.807, 2.05) is 43.3 Å². The molecule has 2 aromatic carbocycles. The van der Waals surface area contributed by atoms with Crippen LogP contribution >= 0.6 is 0 Å². The number of para-hydroxylation sites is 1. The minimum Gasteiger partial charge on any atom is -0.450 e. The summed E-state index contributed by atoms with van der Waals surface area (Å²) >= 11 is 0. The number of carbonyl (C=O) groups is 1. The summed E-state index contributed by atoms with van der Waals surface area (Å²) in [6, 6.07) is 18.1. The predicted octanol–water partition coefficient (Wildman–Crippen LogP) is 5.10. The Kier molecular flexibility index (Phi) is 3.71. The third-order valence-corrected chi connectivity index (χ3v) is 5.46. The van der Waals surface area contributed by atoms with E-state index in [-0.39, 0.29) is 11.9 Å². The Hall–Kier alpha value is -3.14. The van der Waals surface area contributed by atoms with Crippen molar-refractivity contribution in [3.8, 4) is 0 Å². The maximum Gasteiger partial charge on any atom is 0.287 e. The van der Waals surface area contributed by atoms with Crippen molar-refractivity contribution in [3.63, 3.8) is 0 Å². The van der Waals surface area contributed by atoms with Gasteiger partial charge in [-0.25, -0.2) is 0 Å². The van der Waals surface area contributed by atoms with Gasteiger partial charge in [0, 0.05) is 16.5 Å². The molecule has 2 aromatic heterocycles. The van der Waals surface area contributed by atoms with Gasteiger partial charge in [-0.1, -0.05) is 36.4 Å². The standard InChI is InChI=1S/C23H20N2O2/c1-14-18-13-21(27-22(18)17-10-4-5-11-20(17)24-14)23(26)25-19-12-6-8-15-7-2-3-9-16(15)19/h2-5,7,9-11,13,19H,6,8,12H2,1H3,(H,25,26)/t19-/m0/s1. The van der Waals surface area contributed by atoms with Crippen molar-refractivity contribution in [1.82, 2.24) is 10.3 Å². The molecule has 0 spiro atoms. The Morgan fingerprint density at radius 1 is 1.11 bits per heavy atom. The molecular formula is C23H20N2O2. The number of aromatic nitrogens is 1. The van der Waals surface area contributed by atoms with Crippen molar-refractivity contribution in [3.05, 3.63) is 77.2 Å². The number of nitrogens with zero attached hydrogens (tertiary/aromatic N) is 1. The first-order valence-electron chi connectivity index (χ1n) is 9.38. The van der Waals surface area contributed by atoms with Gasteiger partial charge in [0.15, 0.2) is 5.76 Å². The van der Waals surface area contributed by atoms with E-state index in [0.717, 1.165) is 46.8 Å². The molecule has 0 saturated carbocycles. The van der Waals surface area contributed by atoms with E-state index < -0.39 is 0 Å². The monoisotopic (exact) mass is 356 g/mol. The number of hydrogen-bond donors (Lipinski definition) is 1. The number of fused-ring (bicyclic) bond motifs is 4. The van der Waals surface area contributed by atoms with Crippen molar-refractivity contribution in [2.24, 2.45) is 0 Å². The molecule has 0 radical (unpaired) electrons. The van der Waals surface area contributed by atoms with Gasteiger partial charge >= 0.3 is 0 Å². The van der Waals surface area contributed by atoms with Crippen LogP contribution < -0.4 is 5.32 Å². The lowest BCUT2D eigenvalue weighted by Gasteiger charge is -2.25. The molecule has 0 unspecified atom stereocenters. The summed E-state index contributed by atoms with van der Waals surface area (Å²) in [4.78, 5) is 17.5.